The van der Waals surface area contributed by atoms with Gasteiger partial charge in [-0.3, -0.25) is 10.1 Å². The number of furan rings is 1. The molecule has 10 heteroatoms. The molecule has 2 fully saturated rings. The normalized spacial score (nSPS) is 23.6. The van der Waals surface area contributed by atoms with Gasteiger partial charge in [0.25, 0.3) is 0 Å². The first-order valence-electron chi connectivity index (χ1n) is 14.1. The molecule has 3 atom stereocenters. The summed E-state index contributed by atoms with van der Waals surface area (Å²) in [6.07, 6.45) is 6.38. The summed E-state index contributed by atoms with van der Waals surface area (Å²) in [6, 6.07) is 10.4. The monoisotopic (exact) mass is 567 g/mol. The van der Waals surface area contributed by atoms with Crippen molar-refractivity contribution in [3.05, 3.63) is 70.4 Å². The first-order chi connectivity index (χ1) is 19.3. The Bertz CT molecular complexity index is 1300. The molecule has 0 bridgehead atoms. The average molecular weight is 568 g/mol. The Balaban J connectivity index is 1.30. The van der Waals surface area contributed by atoms with Gasteiger partial charge in [-0.2, -0.15) is 0 Å². The van der Waals surface area contributed by atoms with E-state index in [9.17, 15) is 14.0 Å². The minimum atomic E-state index is -0.570. The van der Waals surface area contributed by atoms with E-state index in [2.05, 4.69) is 25.8 Å². The summed E-state index contributed by atoms with van der Waals surface area (Å²) in [4.78, 5) is 32.7. The molecule has 3 aromatic rings. The topological polar surface area (TPSA) is 99.5 Å². The molecule has 4 heterocycles. The number of hydrogen-bond acceptors (Lipinski definition) is 7. The molecule has 2 aromatic heterocycles. The van der Waals surface area contributed by atoms with Gasteiger partial charge in [-0.15, -0.1) is 0 Å². The second-order valence-electron chi connectivity index (χ2n) is 11.2. The van der Waals surface area contributed by atoms with Crippen molar-refractivity contribution in [2.45, 2.75) is 51.5 Å². The highest BCUT2D eigenvalue weighted by Gasteiger charge is 2.44. The van der Waals surface area contributed by atoms with Crippen LogP contribution < -0.4 is 16.0 Å². The number of benzene rings is 1. The summed E-state index contributed by atoms with van der Waals surface area (Å²) < 4.78 is 19.1. The lowest BCUT2D eigenvalue weighted by molar-refractivity contribution is 0.0845. The van der Waals surface area contributed by atoms with E-state index in [1.165, 1.54) is 23.8 Å². The van der Waals surface area contributed by atoms with Crippen molar-refractivity contribution in [1.29, 1.82) is 0 Å². The van der Waals surface area contributed by atoms with Crippen LogP contribution in [0.25, 0.3) is 0 Å². The number of carbonyl (C=O) groups excluding carboxylic acids is 2. The number of aryl methyl sites for hydroxylation is 1. The number of hydrogen-bond donors (Lipinski definition) is 3. The van der Waals surface area contributed by atoms with Gasteiger partial charge >= 0.3 is 6.03 Å². The number of anilines is 1. The van der Waals surface area contributed by atoms with E-state index in [1.54, 1.807) is 25.3 Å². The molecule has 2 aliphatic rings. The molecule has 5 rings (SSSR count). The van der Waals surface area contributed by atoms with Crippen LogP contribution in [-0.4, -0.2) is 60.0 Å². The van der Waals surface area contributed by atoms with E-state index in [0.717, 1.165) is 57.6 Å². The number of Topliss-reactive ketones (excluding diaryl/α,β-unsaturated/α-hetero) is 1. The van der Waals surface area contributed by atoms with E-state index in [0.29, 0.717) is 34.6 Å². The first kappa shape index (κ1) is 28.4. The maximum Gasteiger partial charge on any atom is 0.321 e. The van der Waals surface area contributed by atoms with Crippen LogP contribution in [0.5, 0.6) is 0 Å². The number of carbonyl (C=O) groups is 2. The smallest absolute Gasteiger partial charge is 0.321 e. The molecule has 0 saturated carbocycles. The van der Waals surface area contributed by atoms with E-state index < -0.39 is 5.54 Å². The van der Waals surface area contributed by atoms with Crippen LogP contribution >= 0.6 is 11.3 Å². The maximum absolute atomic E-state index is 13.4. The standard InChI is InChI=1S/C30H38FN5O3S/c1-20-27(21(2)37)40-29(33-20)34-28(38)35-30(16-26-6-4-14-39-26)19-32-12-11-24(30)18-36-13-3-5-23(17-36)15-22-7-9-25(31)10-8-22/h4,6-10,14,23-24,32H,3,5,11-13,15-19H2,1-2H3,(H2,33,34,35,38)/t23-,24-,30-/m0/s1. The lowest BCUT2D eigenvalue weighted by Gasteiger charge is -2.47. The number of thiazole rings is 1. The van der Waals surface area contributed by atoms with Crippen LogP contribution in [0, 0.1) is 24.6 Å². The number of amides is 2. The van der Waals surface area contributed by atoms with Crippen molar-refractivity contribution in [3.8, 4) is 0 Å². The lowest BCUT2D eigenvalue weighted by Crippen LogP contribution is -2.66. The minimum absolute atomic E-state index is 0.0615. The molecule has 0 aliphatic carbocycles. The van der Waals surface area contributed by atoms with E-state index in [-0.39, 0.29) is 23.5 Å². The van der Waals surface area contributed by atoms with E-state index >= 15 is 0 Å². The zero-order valence-corrected chi connectivity index (χ0v) is 24.0. The molecule has 0 spiro atoms. The van der Waals surface area contributed by atoms with Gasteiger partial charge in [0.15, 0.2) is 10.9 Å². The minimum Gasteiger partial charge on any atom is -0.469 e. The number of nitrogens with one attached hydrogen (secondary N) is 3. The molecule has 2 saturated heterocycles. The summed E-state index contributed by atoms with van der Waals surface area (Å²) in [5.74, 6) is 1.27. The van der Waals surface area contributed by atoms with Gasteiger partial charge in [0.05, 0.1) is 22.4 Å². The highest BCUT2D eigenvalue weighted by Crippen LogP contribution is 2.32. The van der Waals surface area contributed by atoms with Crippen molar-refractivity contribution < 1.29 is 18.4 Å². The van der Waals surface area contributed by atoms with Crippen molar-refractivity contribution in [2.24, 2.45) is 11.8 Å². The van der Waals surface area contributed by atoms with Crippen LogP contribution in [-0.2, 0) is 12.8 Å². The largest absolute Gasteiger partial charge is 0.469 e. The number of halogens is 1. The van der Waals surface area contributed by atoms with Gasteiger partial charge in [0.2, 0.25) is 0 Å². The van der Waals surface area contributed by atoms with Gasteiger partial charge in [0.1, 0.15) is 11.6 Å². The molecule has 8 nitrogen and oxygen atoms in total. The Morgan fingerprint density at radius 3 is 2.80 bits per heavy atom. The van der Waals surface area contributed by atoms with Crippen LogP contribution in [0.1, 0.15) is 52.9 Å². The third-order valence-corrected chi connectivity index (χ3v) is 9.35. The van der Waals surface area contributed by atoms with Gasteiger partial charge in [-0.05, 0) is 87.4 Å². The lowest BCUT2D eigenvalue weighted by atomic mass is 9.75. The molecule has 0 radical (unpaired) electrons. The quantitative estimate of drug-likeness (QED) is 0.313. The summed E-state index contributed by atoms with van der Waals surface area (Å²) in [5, 5.41) is 10.1. The Morgan fingerprint density at radius 1 is 1.25 bits per heavy atom. The van der Waals surface area contributed by atoms with Gasteiger partial charge in [0, 0.05) is 33.0 Å². The Morgan fingerprint density at radius 2 is 2.08 bits per heavy atom. The fraction of sp³-hybridized carbons (Fsp3) is 0.500. The first-order valence-corrected chi connectivity index (χ1v) is 14.9. The van der Waals surface area contributed by atoms with Gasteiger partial charge in [-0.1, -0.05) is 23.5 Å². The molecule has 40 heavy (non-hydrogen) atoms. The summed E-state index contributed by atoms with van der Waals surface area (Å²) in [5.41, 5.74) is 1.22. The molecule has 214 valence electrons. The SMILES string of the molecule is CC(=O)c1sc(NC(=O)N[C@@]2(Cc3ccco3)CNCC[C@H]2CN2CCC[C@@H](Cc3ccc(F)cc3)C2)nc1C. The fourth-order valence-electron chi connectivity index (χ4n) is 6.28. The molecule has 1 aromatic carbocycles. The Kier molecular flexibility index (Phi) is 8.97. The van der Waals surface area contributed by atoms with Crippen LogP contribution in [0.15, 0.2) is 47.1 Å². The fourth-order valence-corrected chi connectivity index (χ4v) is 7.13. The van der Waals surface area contributed by atoms with Crippen LogP contribution in [0.2, 0.25) is 0 Å². The van der Waals surface area contributed by atoms with Crippen molar-refractivity contribution >= 4 is 28.3 Å². The number of nitrogens with zero attached hydrogens (tertiary/aromatic N) is 2. The zero-order chi connectivity index (χ0) is 28.1. The summed E-state index contributed by atoms with van der Waals surface area (Å²) in [6.45, 7) is 7.66. The number of likely N-dealkylation sites (tertiary alicyclic amines) is 1. The highest BCUT2D eigenvalue weighted by atomic mass is 32.1. The number of piperidine rings is 2. The van der Waals surface area contributed by atoms with Crippen LogP contribution in [0.3, 0.4) is 0 Å². The van der Waals surface area contributed by atoms with E-state index in [4.69, 9.17) is 4.42 Å². The highest BCUT2D eigenvalue weighted by molar-refractivity contribution is 7.17. The number of ketones is 1. The number of aromatic nitrogens is 1. The van der Waals surface area contributed by atoms with Gasteiger partial charge in [-0.25, -0.2) is 14.2 Å². The predicted octanol–water partition coefficient (Wildman–Crippen LogP) is 5.05. The zero-order valence-electron chi connectivity index (χ0n) is 23.2. The third-order valence-electron chi connectivity index (χ3n) is 8.18. The summed E-state index contributed by atoms with van der Waals surface area (Å²) >= 11 is 1.20. The molecule has 3 N–H and O–H groups in total. The Labute approximate surface area is 238 Å². The predicted molar refractivity (Wildman–Crippen MR) is 154 cm³/mol. The number of urea groups is 1. The van der Waals surface area contributed by atoms with Gasteiger partial charge < -0.3 is 20.0 Å². The molecule has 0 unspecified atom stereocenters. The molecule has 2 amide bonds. The van der Waals surface area contributed by atoms with Crippen molar-refractivity contribution in [1.82, 2.24) is 20.5 Å². The average Bonchev–Trinajstić information content (AvgIpc) is 3.56. The van der Waals surface area contributed by atoms with Crippen LogP contribution in [0.4, 0.5) is 14.3 Å². The summed E-state index contributed by atoms with van der Waals surface area (Å²) in [7, 11) is 0. The molecule has 2 aliphatic heterocycles. The number of rotatable bonds is 9. The Hall–Kier alpha value is -3.08. The second-order valence-corrected chi connectivity index (χ2v) is 12.2. The molecular formula is C30H38FN5O3S. The van der Waals surface area contributed by atoms with Crippen molar-refractivity contribution in [3.63, 3.8) is 0 Å². The van der Waals surface area contributed by atoms with E-state index in [1.807, 2.05) is 24.3 Å². The molecular weight excluding hydrogens is 529 g/mol. The second kappa shape index (κ2) is 12.6. The third kappa shape index (κ3) is 6.97. The maximum atomic E-state index is 13.4. The van der Waals surface area contributed by atoms with Crippen molar-refractivity contribution in [2.75, 3.05) is 38.0 Å².